The number of carbonyl (C=O) groups is 1. The SMILES string of the molecule is C=CC(C)(C)CCC#Cc1ccccc1C=O. The van der Waals surface area contributed by atoms with Gasteiger partial charge in [0.15, 0.2) is 6.29 Å². The van der Waals surface area contributed by atoms with Gasteiger partial charge in [0, 0.05) is 17.5 Å². The molecule has 0 unspecified atom stereocenters. The van der Waals surface area contributed by atoms with E-state index in [9.17, 15) is 4.79 Å². The van der Waals surface area contributed by atoms with Crippen LogP contribution in [0.3, 0.4) is 0 Å². The standard InChI is InChI=1S/C16H18O/c1-4-16(2,3)12-8-7-10-14-9-5-6-11-15(14)13-17/h4-6,9,11,13H,1,8,12H2,2-3H3. The summed E-state index contributed by atoms with van der Waals surface area (Å²) in [6.45, 7) is 8.08. The van der Waals surface area contributed by atoms with E-state index in [0.29, 0.717) is 5.56 Å². The highest BCUT2D eigenvalue weighted by Gasteiger charge is 2.10. The molecular weight excluding hydrogens is 208 g/mol. The monoisotopic (exact) mass is 226 g/mol. The second-order valence-corrected chi connectivity index (χ2v) is 4.70. The molecule has 0 N–H and O–H groups in total. The van der Waals surface area contributed by atoms with Gasteiger partial charge in [-0.15, -0.1) is 6.58 Å². The van der Waals surface area contributed by atoms with Crippen LogP contribution in [0.2, 0.25) is 0 Å². The van der Waals surface area contributed by atoms with Crippen molar-refractivity contribution in [3.8, 4) is 11.8 Å². The largest absolute Gasteiger partial charge is 0.298 e. The Morgan fingerprint density at radius 3 is 2.71 bits per heavy atom. The predicted octanol–water partition coefficient (Wildman–Crippen LogP) is 3.84. The minimum absolute atomic E-state index is 0.124. The zero-order valence-corrected chi connectivity index (χ0v) is 10.5. The van der Waals surface area contributed by atoms with Crippen LogP contribution in [0.15, 0.2) is 36.9 Å². The topological polar surface area (TPSA) is 17.1 Å². The molecule has 1 rings (SSSR count). The zero-order chi connectivity index (χ0) is 12.7. The summed E-state index contributed by atoms with van der Waals surface area (Å²) in [6, 6.07) is 7.39. The number of aldehydes is 1. The fraction of sp³-hybridized carbons (Fsp3) is 0.312. The molecule has 0 saturated heterocycles. The Morgan fingerprint density at radius 2 is 2.06 bits per heavy atom. The van der Waals surface area contributed by atoms with Crippen molar-refractivity contribution in [2.75, 3.05) is 0 Å². The number of allylic oxidation sites excluding steroid dienone is 1. The first kappa shape index (κ1) is 13.3. The Balaban J connectivity index is 2.66. The molecule has 0 radical (unpaired) electrons. The number of rotatable bonds is 4. The van der Waals surface area contributed by atoms with Crippen LogP contribution in [0.25, 0.3) is 0 Å². The minimum atomic E-state index is 0.124. The second kappa shape index (κ2) is 6.06. The number of carbonyl (C=O) groups excluding carboxylic acids is 1. The van der Waals surface area contributed by atoms with Crippen molar-refractivity contribution in [2.45, 2.75) is 26.7 Å². The van der Waals surface area contributed by atoms with Gasteiger partial charge in [0.05, 0.1) is 0 Å². The summed E-state index contributed by atoms with van der Waals surface area (Å²) in [5, 5.41) is 0. The van der Waals surface area contributed by atoms with Crippen LogP contribution in [-0.2, 0) is 0 Å². The van der Waals surface area contributed by atoms with Crippen LogP contribution in [0, 0.1) is 17.3 Å². The van der Waals surface area contributed by atoms with E-state index < -0.39 is 0 Å². The van der Waals surface area contributed by atoms with Gasteiger partial charge in [0.2, 0.25) is 0 Å². The summed E-state index contributed by atoms with van der Waals surface area (Å²) in [5.74, 6) is 6.16. The molecule has 1 nitrogen and oxygen atoms in total. The molecule has 0 bridgehead atoms. The van der Waals surface area contributed by atoms with Crippen molar-refractivity contribution in [3.63, 3.8) is 0 Å². The summed E-state index contributed by atoms with van der Waals surface area (Å²) < 4.78 is 0. The Labute approximate surface area is 104 Å². The molecule has 0 saturated carbocycles. The molecule has 0 aliphatic rings. The number of hydrogen-bond acceptors (Lipinski definition) is 1. The normalized spacial score (nSPS) is 10.2. The van der Waals surface area contributed by atoms with E-state index in [0.717, 1.165) is 24.7 Å². The van der Waals surface area contributed by atoms with Crippen LogP contribution >= 0.6 is 0 Å². The molecule has 0 fully saturated rings. The minimum Gasteiger partial charge on any atom is -0.298 e. The third-order valence-electron chi connectivity index (χ3n) is 2.76. The van der Waals surface area contributed by atoms with Crippen LogP contribution in [0.1, 0.15) is 42.6 Å². The van der Waals surface area contributed by atoms with E-state index in [1.807, 2.05) is 24.3 Å². The molecule has 0 heterocycles. The van der Waals surface area contributed by atoms with E-state index in [1.165, 1.54) is 0 Å². The predicted molar refractivity (Wildman–Crippen MR) is 71.9 cm³/mol. The summed E-state index contributed by atoms with van der Waals surface area (Å²) in [5.41, 5.74) is 1.58. The Hall–Kier alpha value is -1.81. The van der Waals surface area contributed by atoms with E-state index in [-0.39, 0.29) is 5.41 Å². The molecule has 0 spiro atoms. The Morgan fingerprint density at radius 1 is 1.35 bits per heavy atom. The van der Waals surface area contributed by atoms with Gasteiger partial charge in [-0.1, -0.05) is 50.0 Å². The van der Waals surface area contributed by atoms with Gasteiger partial charge < -0.3 is 0 Å². The second-order valence-electron chi connectivity index (χ2n) is 4.70. The highest BCUT2D eigenvalue weighted by atomic mass is 16.1. The lowest BCUT2D eigenvalue weighted by Crippen LogP contribution is -2.05. The molecule has 1 aromatic carbocycles. The van der Waals surface area contributed by atoms with Crippen molar-refractivity contribution in [1.82, 2.24) is 0 Å². The summed E-state index contributed by atoms with van der Waals surface area (Å²) in [7, 11) is 0. The Bertz CT molecular complexity index is 458. The molecule has 0 atom stereocenters. The van der Waals surface area contributed by atoms with Crippen molar-refractivity contribution < 1.29 is 4.79 Å². The van der Waals surface area contributed by atoms with E-state index in [4.69, 9.17) is 0 Å². The van der Waals surface area contributed by atoms with Crippen LogP contribution < -0.4 is 0 Å². The van der Waals surface area contributed by atoms with Crippen molar-refractivity contribution in [3.05, 3.63) is 48.0 Å². The molecule has 0 aliphatic heterocycles. The van der Waals surface area contributed by atoms with E-state index >= 15 is 0 Å². The van der Waals surface area contributed by atoms with Gasteiger partial charge in [-0.2, -0.15) is 0 Å². The molecule has 0 aliphatic carbocycles. The average Bonchev–Trinajstić information content (AvgIpc) is 2.35. The van der Waals surface area contributed by atoms with Gasteiger partial charge >= 0.3 is 0 Å². The quantitative estimate of drug-likeness (QED) is 0.433. The van der Waals surface area contributed by atoms with Crippen molar-refractivity contribution in [2.24, 2.45) is 5.41 Å². The fourth-order valence-electron chi connectivity index (χ4n) is 1.36. The van der Waals surface area contributed by atoms with E-state index in [1.54, 1.807) is 6.07 Å². The number of benzene rings is 1. The third-order valence-corrected chi connectivity index (χ3v) is 2.76. The lowest BCUT2D eigenvalue weighted by atomic mass is 9.88. The molecular formula is C16H18O. The van der Waals surface area contributed by atoms with Crippen molar-refractivity contribution >= 4 is 6.29 Å². The molecule has 17 heavy (non-hydrogen) atoms. The van der Waals surface area contributed by atoms with E-state index in [2.05, 4.69) is 32.3 Å². The average molecular weight is 226 g/mol. The molecule has 88 valence electrons. The first-order valence-corrected chi connectivity index (χ1v) is 5.76. The molecule has 0 aromatic heterocycles. The zero-order valence-electron chi connectivity index (χ0n) is 10.5. The maximum Gasteiger partial charge on any atom is 0.151 e. The summed E-state index contributed by atoms with van der Waals surface area (Å²) >= 11 is 0. The van der Waals surface area contributed by atoms with Crippen LogP contribution in [-0.4, -0.2) is 6.29 Å². The van der Waals surface area contributed by atoms with Gasteiger partial charge in [-0.25, -0.2) is 0 Å². The molecule has 0 amide bonds. The maximum absolute atomic E-state index is 10.8. The van der Waals surface area contributed by atoms with Gasteiger partial charge in [0.25, 0.3) is 0 Å². The number of hydrogen-bond donors (Lipinski definition) is 0. The fourth-order valence-corrected chi connectivity index (χ4v) is 1.36. The molecule has 1 aromatic rings. The first-order valence-electron chi connectivity index (χ1n) is 5.76. The highest BCUT2D eigenvalue weighted by Crippen LogP contribution is 2.22. The lowest BCUT2D eigenvalue weighted by Gasteiger charge is -2.17. The van der Waals surface area contributed by atoms with Gasteiger partial charge in [-0.3, -0.25) is 4.79 Å². The highest BCUT2D eigenvalue weighted by molar-refractivity contribution is 5.79. The summed E-state index contributed by atoms with van der Waals surface area (Å²) in [4.78, 5) is 10.8. The van der Waals surface area contributed by atoms with Crippen LogP contribution in [0.5, 0.6) is 0 Å². The Kier molecular flexibility index (Phi) is 4.72. The lowest BCUT2D eigenvalue weighted by molar-refractivity contribution is 0.112. The summed E-state index contributed by atoms with van der Waals surface area (Å²) in [6.07, 6.45) is 4.59. The first-order chi connectivity index (χ1) is 8.09. The maximum atomic E-state index is 10.8. The van der Waals surface area contributed by atoms with Gasteiger partial charge in [0.1, 0.15) is 0 Å². The van der Waals surface area contributed by atoms with Crippen LogP contribution in [0.4, 0.5) is 0 Å². The smallest absolute Gasteiger partial charge is 0.151 e. The van der Waals surface area contributed by atoms with Crippen molar-refractivity contribution in [1.29, 1.82) is 0 Å². The third kappa shape index (κ3) is 4.28. The molecule has 1 heteroatoms. The van der Waals surface area contributed by atoms with Gasteiger partial charge in [-0.05, 0) is 17.9 Å².